The highest BCUT2D eigenvalue weighted by atomic mass is 16.5. The maximum atomic E-state index is 6.38. The summed E-state index contributed by atoms with van der Waals surface area (Å²) in [6.45, 7) is 2.62. The maximum Gasteiger partial charge on any atom is 0.124 e. The van der Waals surface area contributed by atoms with Crippen molar-refractivity contribution in [3.05, 3.63) is 59.7 Å². The van der Waals surface area contributed by atoms with Gasteiger partial charge in [0.05, 0.1) is 12.6 Å². The predicted octanol–water partition coefficient (Wildman–Crippen LogP) is 3.20. The lowest BCUT2D eigenvalue weighted by Crippen LogP contribution is -2.14. The van der Waals surface area contributed by atoms with E-state index in [1.165, 1.54) is 5.69 Å². The molecule has 0 spiro atoms. The van der Waals surface area contributed by atoms with Crippen LogP contribution in [0.15, 0.2) is 48.5 Å². The van der Waals surface area contributed by atoms with Gasteiger partial charge in [0.25, 0.3) is 0 Å². The minimum absolute atomic E-state index is 0.172. The molecule has 0 aliphatic carbocycles. The molecule has 1 unspecified atom stereocenters. The Morgan fingerprint density at radius 1 is 1.05 bits per heavy atom. The molecule has 0 saturated carbocycles. The van der Waals surface area contributed by atoms with Gasteiger partial charge in [-0.15, -0.1) is 0 Å². The average Bonchev–Trinajstić information content (AvgIpc) is 2.47. The Balaban J connectivity index is 2.28. The van der Waals surface area contributed by atoms with Crippen LogP contribution in [0.1, 0.15) is 24.1 Å². The summed E-state index contributed by atoms with van der Waals surface area (Å²) in [6.07, 6.45) is 0. The van der Waals surface area contributed by atoms with Gasteiger partial charge in [-0.3, -0.25) is 0 Å². The van der Waals surface area contributed by atoms with Crippen molar-refractivity contribution in [3.8, 4) is 5.75 Å². The number of nitrogens with zero attached hydrogens (tertiary/aromatic N) is 1. The van der Waals surface area contributed by atoms with Crippen molar-refractivity contribution in [1.29, 1.82) is 0 Å². The van der Waals surface area contributed by atoms with Gasteiger partial charge in [-0.25, -0.2) is 0 Å². The first-order valence-corrected chi connectivity index (χ1v) is 6.88. The van der Waals surface area contributed by atoms with Crippen LogP contribution in [0.25, 0.3) is 0 Å². The molecule has 2 N–H and O–H groups in total. The second-order valence-electron chi connectivity index (χ2n) is 4.93. The predicted molar refractivity (Wildman–Crippen MR) is 84.4 cm³/mol. The van der Waals surface area contributed by atoms with Crippen molar-refractivity contribution in [2.24, 2.45) is 5.73 Å². The van der Waals surface area contributed by atoms with E-state index in [0.717, 1.165) is 16.9 Å². The fraction of sp³-hybridized carbons (Fsp3) is 0.294. The number of rotatable bonds is 5. The zero-order valence-electron chi connectivity index (χ0n) is 12.3. The number of benzene rings is 2. The van der Waals surface area contributed by atoms with Gasteiger partial charge in [0, 0.05) is 25.3 Å². The van der Waals surface area contributed by atoms with Gasteiger partial charge >= 0.3 is 0 Å². The number of anilines is 1. The Labute approximate surface area is 121 Å². The van der Waals surface area contributed by atoms with Crippen LogP contribution in [0.3, 0.4) is 0 Å². The third-order valence-corrected chi connectivity index (χ3v) is 3.32. The summed E-state index contributed by atoms with van der Waals surface area (Å²) in [5.41, 5.74) is 9.65. The molecule has 0 aliphatic heterocycles. The van der Waals surface area contributed by atoms with Gasteiger partial charge in [-0.2, -0.15) is 0 Å². The summed E-state index contributed by atoms with van der Waals surface area (Å²) in [6, 6.07) is 16.1. The van der Waals surface area contributed by atoms with Crippen LogP contribution in [-0.2, 0) is 0 Å². The van der Waals surface area contributed by atoms with Gasteiger partial charge in [-0.05, 0) is 30.7 Å². The summed E-state index contributed by atoms with van der Waals surface area (Å²) in [7, 11) is 4.05. The van der Waals surface area contributed by atoms with E-state index in [1.807, 2.05) is 45.3 Å². The third-order valence-electron chi connectivity index (χ3n) is 3.32. The molecule has 0 amide bonds. The van der Waals surface area contributed by atoms with E-state index in [4.69, 9.17) is 10.5 Å². The number of hydrogen-bond acceptors (Lipinski definition) is 3. The standard InChI is InChI=1S/C17H22N2O/c1-4-20-16-8-6-5-7-15(16)17(18)13-9-11-14(12-10-13)19(2)3/h5-12,17H,4,18H2,1-3H3. The van der Waals surface area contributed by atoms with Gasteiger partial charge < -0.3 is 15.4 Å². The van der Waals surface area contributed by atoms with Crippen molar-refractivity contribution >= 4 is 5.69 Å². The largest absolute Gasteiger partial charge is 0.494 e. The van der Waals surface area contributed by atoms with Crippen LogP contribution in [0.4, 0.5) is 5.69 Å². The van der Waals surface area contributed by atoms with Crippen LogP contribution < -0.4 is 15.4 Å². The van der Waals surface area contributed by atoms with Crippen molar-refractivity contribution in [1.82, 2.24) is 0 Å². The van der Waals surface area contributed by atoms with Crippen molar-refractivity contribution in [2.75, 3.05) is 25.6 Å². The highest BCUT2D eigenvalue weighted by Crippen LogP contribution is 2.29. The molecule has 0 saturated heterocycles. The Kier molecular flexibility index (Phi) is 4.64. The summed E-state index contributed by atoms with van der Waals surface area (Å²) >= 11 is 0. The number of ether oxygens (including phenoxy) is 1. The lowest BCUT2D eigenvalue weighted by molar-refractivity contribution is 0.335. The molecule has 3 nitrogen and oxygen atoms in total. The molecule has 0 aliphatic rings. The van der Waals surface area contributed by atoms with Crippen LogP contribution >= 0.6 is 0 Å². The van der Waals surface area contributed by atoms with E-state index >= 15 is 0 Å². The molecule has 106 valence electrons. The first kappa shape index (κ1) is 14.4. The minimum Gasteiger partial charge on any atom is -0.494 e. The highest BCUT2D eigenvalue weighted by molar-refractivity contribution is 5.49. The van der Waals surface area contributed by atoms with Crippen LogP contribution in [0, 0.1) is 0 Å². The van der Waals surface area contributed by atoms with Gasteiger partial charge in [-0.1, -0.05) is 30.3 Å². The topological polar surface area (TPSA) is 38.5 Å². The molecule has 1 atom stereocenters. The number of hydrogen-bond donors (Lipinski definition) is 1. The molecule has 0 heterocycles. The normalized spacial score (nSPS) is 12.0. The van der Waals surface area contributed by atoms with E-state index in [2.05, 4.69) is 29.2 Å². The minimum atomic E-state index is -0.172. The van der Waals surface area contributed by atoms with E-state index in [0.29, 0.717) is 6.61 Å². The second-order valence-corrected chi connectivity index (χ2v) is 4.93. The Bertz CT molecular complexity index is 549. The lowest BCUT2D eigenvalue weighted by Gasteiger charge is -2.18. The Morgan fingerprint density at radius 2 is 1.70 bits per heavy atom. The number of nitrogens with two attached hydrogens (primary N) is 1. The second kappa shape index (κ2) is 6.44. The summed E-state index contributed by atoms with van der Waals surface area (Å²) in [5, 5.41) is 0. The molecule has 2 aromatic rings. The molecule has 0 radical (unpaired) electrons. The Morgan fingerprint density at radius 3 is 2.30 bits per heavy atom. The average molecular weight is 270 g/mol. The van der Waals surface area contributed by atoms with E-state index in [1.54, 1.807) is 0 Å². The number of para-hydroxylation sites is 1. The highest BCUT2D eigenvalue weighted by Gasteiger charge is 2.13. The van der Waals surface area contributed by atoms with E-state index in [-0.39, 0.29) is 6.04 Å². The molecular weight excluding hydrogens is 248 g/mol. The molecule has 0 fully saturated rings. The van der Waals surface area contributed by atoms with E-state index < -0.39 is 0 Å². The summed E-state index contributed by atoms with van der Waals surface area (Å²) in [4.78, 5) is 2.07. The molecule has 2 aromatic carbocycles. The first-order valence-electron chi connectivity index (χ1n) is 6.88. The molecule has 20 heavy (non-hydrogen) atoms. The molecule has 2 rings (SSSR count). The van der Waals surface area contributed by atoms with Gasteiger partial charge in [0.1, 0.15) is 5.75 Å². The fourth-order valence-corrected chi connectivity index (χ4v) is 2.18. The molecule has 3 heteroatoms. The molecule has 0 aromatic heterocycles. The van der Waals surface area contributed by atoms with Crippen LogP contribution in [0.2, 0.25) is 0 Å². The first-order chi connectivity index (χ1) is 9.63. The van der Waals surface area contributed by atoms with Crippen molar-refractivity contribution in [2.45, 2.75) is 13.0 Å². The molecular formula is C17H22N2O. The van der Waals surface area contributed by atoms with Gasteiger partial charge in [0.15, 0.2) is 0 Å². The van der Waals surface area contributed by atoms with Crippen molar-refractivity contribution in [3.63, 3.8) is 0 Å². The van der Waals surface area contributed by atoms with Crippen LogP contribution in [-0.4, -0.2) is 20.7 Å². The maximum absolute atomic E-state index is 6.38. The van der Waals surface area contributed by atoms with Crippen LogP contribution in [0.5, 0.6) is 5.75 Å². The SMILES string of the molecule is CCOc1ccccc1C(N)c1ccc(N(C)C)cc1. The zero-order chi connectivity index (χ0) is 14.5. The Hall–Kier alpha value is -2.00. The lowest BCUT2D eigenvalue weighted by atomic mass is 9.98. The smallest absolute Gasteiger partial charge is 0.124 e. The fourth-order valence-electron chi connectivity index (χ4n) is 2.18. The quantitative estimate of drug-likeness (QED) is 0.906. The third kappa shape index (κ3) is 3.11. The van der Waals surface area contributed by atoms with Gasteiger partial charge in [0.2, 0.25) is 0 Å². The monoisotopic (exact) mass is 270 g/mol. The summed E-state index contributed by atoms with van der Waals surface area (Å²) < 4.78 is 5.65. The zero-order valence-corrected chi connectivity index (χ0v) is 12.3. The summed E-state index contributed by atoms with van der Waals surface area (Å²) in [5.74, 6) is 0.860. The van der Waals surface area contributed by atoms with Crippen molar-refractivity contribution < 1.29 is 4.74 Å². The molecule has 0 bridgehead atoms. The van der Waals surface area contributed by atoms with E-state index in [9.17, 15) is 0 Å².